The maximum atomic E-state index is 13.9. The Labute approximate surface area is 117 Å². The second-order valence-corrected chi connectivity index (χ2v) is 5.75. The van der Waals surface area contributed by atoms with Crippen molar-refractivity contribution in [3.63, 3.8) is 0 Å². The first-order valence-corrected chi connectivity index (χ1v) is 7.06. The molecule has 1 aromatic carbocycles. The topological polar surface area (TPSA) is 36.4 Å². The quantitative estimate of drug-likeness (QED) is 0.655. The van der Waals surface area contributed by atoms with E-state index in [4.69, 9.17) is 0 Å². The molecule has 5 heteroatoms. The summed E-state index contributed by atoms with van der Waals surface area (Å²) in [5.74, 6) is -0.211. The van der Waals surface area contributed by atoms with Gasteiger partial charge in [0.25, 0.3) is 0 Å². The highest BCUT2D eigenvalue weighted by Gasteiger charge is 2.46. The molecule has 3 nitrogen and oxygen atoms in total. The number of nitrogens with one attached hydrogen (secondary N) is 2. The van der Waals surface area contributed by atoms with E-state index in [-0.39, 0.29) is 5.41 Å². The molecular formula is C15H19F2N3. The fraction of sp³-hybridized carbons (Fsp3) is 0.533. The highest BCUT2D eigenvalue weighted by molar-refractivity contribution is 5.80. The van der Waals surface area contributed by atoms with E-state index in [1.807, 2.05) is 0 Å². The fourth-order valence-electron chi connectivity index (χ4n) is 2.48. The van der Waals surface area contributed by atoms with Crippen molar-refractivity contribution in [2.45, 2.75) is 37.1 Å². The normalized spacial score (nSPS) is 20.6. The molecule has 0 radical (unpaired) electrons. The van der Waals surface area contributed by atoms with Gasteiger partial charge in [-0.3, -0.25) is 4.99 Å². The molecule has 108 valence electrons. The van der Waals surface area contributed by atoms with E-state index in [1.54, 1.807) is 13.1 Å². The van der Waals surface area contributed by atoms with Crippen LogP contribution in [0.4, 0.5) is 8.78 Å². The van der Waals surface area contributed by atoms with Crippen LogP contribution in [0.1, 0.15) is 31.2 Å². The van der Waals surface area contributed by atoms with Crippen LogP contribution in [0, 0.1) is 11.6 Å². The van der Waals surface area contributed by atoms with Crippen molar-refractivity contribution in [2.24, 2.45) is 4.99 Å². The summed E-state index contributed by atoms with van der Waals surface area (Å²) < 4.78 is 26.9. The molecule has 20 heavy (non-hydrogen) atoms. The third kappa shape index (κ3) is 2.76. The minimum atomic E-state index is -0.527. The third-order valence-corrected chi connectivity index (χ3v) is 4.09. The lowest BCUT2D eigenvalue weighted by Crippen LogP contribution is -2.42. The zero-order valence-electron chi connectivity index (χ0n) is 11.5. The summed E-state index contributed by atoms with van der Waals surface area (Å²) in [6.45, 7) is 0.627. The van der Waals surface area contributed by atoms with E-state index in [1.165, 1.54) is 18.9 Å². The van der Waals surface area contributed by atoms with Crippen molar-refractivity contribution in [2.75, 3.05) is 13.6 Å². The highest BCUT2D eigenvalue weighted by Crippen LogP contribution is 2.48. The maximum absolute atomic E-state index is 13.9. The van der Waals surface area contributed by atoms with Gasteiger partial charge in [0.2, 0.25) is 0 Å². The summed E-state index contributed by atoms with van der Waals surface area (Å²) in [4.78, 5) is 4.17. The molecule has 2 fully saturated rings. The van der Waals surface area contributed by atoms with E-state index < -0.39 is 11.6 Å². The molecule has 2 aliphatic rings. The van der Waals surface area contributed by atoms with E-state index in [0.717, 1.165) is 24.9 Å². The molecule has 3 rings (SSSR count). The molecule has 0 saturated heterocycles. The molecule has 0 heterocycles. The van der Waals surface area contributed by atoms with Crippen molar-refractivity contribution in [3.8, 4) is 0 Å². The molecule has 1 aromatic rings. The van der Waals surface area contributed by atoms with Gasteiger partial charge in [0.1, 0.15) is 11.6 Å². The lowest BCUT2D eigenvalue weighted by Gasteiger charge is -2.19. The van der Waals surface area contributed by atoms with Gasteiger partial charge in [0.05, 0.1) is 0 Å². The number of hydrogen-bond acceptors (Lipinski definition) is 1. The summed E-state index contributed by atoms with van der Waals surface area (Å²) in [5, 5.41) is 6.56. The van der Waals surface area contributed by atoms with Crippen LogP contribution in [0.5, 0.6) is 0 Å². The first-order valence-electron chi connectivity index (χ1n) is 7.06. The van der Waals surface area contributed by atoms with Crippen LogP contribution in [0.3, 0.4) is 0 Å². The first kappa shape index (κ1) is 13.3. The molecule has 0 unspecified atom stereocenters. The van der Waals surface area contributed by atoms with Crippen LogP contribution in [-0.4, -0.2) is 25.6 Å². The Morgan fingerprint density at radius 1 is 1.35 bits per heavy atom. The van der Waals surface area contributed by atoms with Crippen LogP contribution >= 0.6 is 0 Å². The average molecular weight is 279 g/mol. The zero-order valence-corrected chi connectivity index (χ0v) is 11.5. The molecule has 0 atom stereocenters. The van der Waals surface area contributed by atoms with Gasteiger partial charge >= 0.3 is 0 Å². The molecule has 2 saturated carbocycles. The third-order valence-electron chi connectivity index (χ3n) is 4.09. The van der Waals surface area contributed by atoms with Gasteiger partial charge in [-0.25, -0.2) is 8.78 Å². The molecule has 0 bridgehead atoms. The fourth-order valence-corrected chi connectivity index (χ4v) is 2.48. The van der Waals surface area contributed by atoms with Gasteiger partial charge in [-0.2, -0.15) is 0 Å². The Kier molecular flexibility index (Phi) is 3.36. The molecule has 2 aliphatic carbocycles. The van der Waals surface area contributed by atoms with Crippen molar-refractivity contribution in [1.82, 2.24) is 10.6 Å². The molecule has 0 aliphatic heterocycles. The molecular weight excluding hydrogens is 260 g/mol. The summed E-state index contributed by atoms with van der Waals surface area (Å²) in [6.07, 6.45) is 4.20. The predicted octanol–water partition coefficient (Wildman–Crippen LogP) is 2.32. The van der Waals surface area contributed by atoms with Gasteiger partial charge in [-0.05, 0) is 37.3 Å². The zero-order chi connectivity index (χ0) is 14.2. The standard InChI is InChI=1S/C15H19F2N3/c1-18-14(20-11-3-4-11)19-9-15(6-7-15)12-5-2-10(16)8-13(12)17/h2,5,8,11H,3-4,6-7,9H2,1H3,(H2,18,19,20). The summed E-state index contributed by atoms with van der Waals surface area (Å²) in [5.41, 5.74) is 0.396. The summed E-state index contributed by atoms with van der Waals surface area (Å²) >= 11 is 0. The largest absolute Gasteiger partial charge is 0.356 e. The Morgan fingerprint density at radius 3 is 2.65 bits per heavy atom. The Morgan fingerprint density at radius 2 is 2.10 bits per heavy atom. The number of benzene rings is 1. The maximum Gasteiger partial charge on any atom is 0.191 e. The van der Waals surface area contributed by atoms with Crippen LogP contribution in [0.15, 0.2) is 23.2 Å². The number of nitrogens with zero attached hydrogens (tertiary/aromatic N) is 1. The van der Waals surface area contributed by atoms with Gasteiger partial charge < -0.3 is 10.6 Å². The van der Waals surface area contributed by atoms with Gasteiger partial charge in [0, 0.05) is 31.1 Å². The number of guanidine groups is 1. The van der Waals surface area contributed by atoms with Crippen LogP contribution < -0.4 is 10.6 Å². The Hall–Kier alpha value is -1.65. The second kappa shape index (κ2) is 5.04. The lowest BCUT2D eigenvalue weighted by molar-refractivity contribution is 0.540. The van der Waals surface area contributed by atoms with E-state index in [0.29, 0.717) is 18.2 Å². The minimum Gasteiger partial charge on any atom is -0.356 e. The average Bonchev–Trinajstić information content (AvgIpc) is 3.30. The number of rotatable bonds is 4. The number of aliphatic imine (C=N–C) groups is 1. The van der Waals surface area contributed by atoms with Crippen molar-refractivity contribution in [1.29, 1.82) is 0 Å². The van der Waals surface area contributed by atoms with Gasteiger partial charge in [-0.1, -0.05) is 6.07 Å². The molecule has 0 spiro atoms. The lowest BCUT2D eigenvalue weighted by atomic mass is 9.95. The van der Waals surface area contributed by atoms with Crippen LogP contribution in [0.25, 0.3) is 0 Å². The van der Waals surface area contributed by atoms with Gasteiger partial charge in [0.15, 0.2) is 5.96 Å². The monoisotopic (exact) mass is 279 g/mol. The van der Waals surface area contributed by atoms with E-state index >= 15 is 0 Å². The number of halogens is 2. The van der Waals surface area contributed by atoms with Crippen molar-refractivity contribution in [3.05, 3.63) is 35.4 Å². The SMILES string of the molecule is CN=C(NCC1(c2ccc(F)cc2F)CC1)NC1CC1. The minimum absolute atomic E-state index is 0.209. The highest BCUT2D eigenvalue weighted by atomic mass is 19.1. The second-order valence-electron chi connectivity index (χ2n) is 5.75. The van der Waals surface area contributed by atoms with Crippen LogP contribution in [0.2, 0.25) is 0 Å². The van der Waals surface area contributed by atoms with Crippen molar-refractivity contribution < 1.29 is 8.78 Å². The number of hydrogen-bond donors (Lipinski definition) is 2. The smallest absolute Gasteiger partial charge is 0.191 e. The summed E-state index contributed by atoms with van der Waals surface area (Å²) in [7, 11) is 1.73. The molecule has 0 aromatic heterocycles. The van der Waals surface area contributed by atoms with Crippen LogP contribution in [-0.2, 0) is 5.41 Å². The molecule has 2 N–H and O–H groups in total. The molecule has 0 amide bonds. The van der Waals surface area contributed by atoms with Crippen molar-refractivity contribution >= 4 is 5.96 Å². The summed E-state index contributed by atoms with van der Waals surface area (Å²) in [6, 6.07) is 4.39. The Bertz CT molecular complexity index is 534. The van der Waals surface area contributed by atoms with Gasteiger partial charge in [-0.15, -0.1) is 0 Å². The first-order chi connectivity index (χ1) is 9.63. The van der Waals surface area contributed by atoms with E-state index in [2.05, 4.69) is 15.6 Å². The van der Waals surface area contributed by atoms with E-state index in [9.17, 15) is 8.78 Å². The Balaban J connectivity index is 1.66. The predicted molar refractivity (Wildman–Crippen MR) is 74.8 cm³/mol.